The zero-order valence-corrected chi connectivity index (χ0v) is 9.61. The number of hydrogen-bond donors (Lipinski definition) is 2. The van der Waals surface area contributed by atoms with Gasteiger partial charge in [-0.25, -0.2) is 0 Å². The topological polar surface area (TPSA) is 92.5 Å². The lowest BCUT2D eigenvalue weighted by Crippen LogP contribution is -2.30. The molecule has 104 valence electrons. The highest BCUT2D eigenvalue weighted by molar-refractivity contribution is 5.96. The van der Waals surface area contributed by atoms with Gasteiger partial charge >= 0.3 is 17.8 Å². The molecule has 0 radical (unpaired) electrons. The zero-order valence-electron chi connectivity index (χ0n) is 9.61. The molecule has 1 aromatic rings. The van der Waals surface area contributed by atoms with Crippen molar-refractivity contribution >= 4 is 17.3 Å². The smallest absolute Gasteiger partial charge is 0.471 e. The molecule has 0 bridgehead atoms. The minimum absolute atomic E-state index is 0.0296. The number of nitro groups is 1. The molecule has 0 fully saturated rings. The van der Waals surface area contributed by atoms with Gasteiger partial charge in [-0.3, -0.25) is 14.9 Å². The summed E-state index contributed by atoms with van der Waals surface area (Å²) in [5, 5.41) is 21.6. The summed E-state index contributed by atoms with van der Waals surface area (Å²) in [6.07, 6.45) is -5.13. The van der Waals surface area contributed by atoms with Gasteiger partial charge in [0.2, 0.25) is 0 Å². The van der Waals surface area contributed by atoms with Crippen molar-refractivity contribution in [3.63, 3.8) is 0 Å². The van der Waals surface area contributed by atoms with Crippen LogP contribution in [0.25, 0.3) is 0 Å². The standard InChI is InChI=1S/C10H9F3N2O4/c1-2-5-6(14-9(17)10(11,12)13)3-4-7(16)8(5)15(18)19/h3-4,16H,2H2,1H3,(H,14,17). The second kappa shape index (κ2) is 5.12. The molecule has 1 aromatic carbocycles. The number of halogens is 3. The van der Waals surface area contributed by atoms with Gasteiger partial charge in [0.1, 0.15) is 0 Å². The first kappa shape index (κ1) is 14.7. The number of aromatic hydroxyl groups is 1. The Morgan fingerprint density at radius 2 is 2.05 bits per heavy atom. The molecule has 19 heavy (non-hydrogen) atoms. The molecule has 6 nitrogen and oxygen atoms in total. The maximum Gasteiger partial charge on any atom is 0.471 e. The van der Waals surface area contributed by atoms with E-state index in [1.165, 1.54) is 6.92 Å². The first-order chi connectivity index (χ1) is 8.68. The number of rotatable bonds is 3. The van der Waals surface area contributed by atoms with Gasteiger partial charge in [0.25, 0.3) is 0 Å². The summed E-state index contributed by atoms with van der Waals surface area (Å²) >= 11 is 0. The summed E-state index contributed by atoms with van der Waals surface area (Å²) in [6.45, 7) is 1.45. The maximum atomic E-state index is 12.1. The lowest BCUT2D eigenvalue weighted by molar-refractivity contribution is -0.386. The molecule has 0 saturated heterocycles. The van der Waals surface area contributed by atoms with Gasteiger partial charge in [-0.1, -0.05) is 6.92 Å². The first-order valence-corrected chi connectivity index (χ1v) is 5.05. The number of alkyl halides is 3. The molecule has 1 amide bonds. The molecule has 0 spiro atoms. The third-order valence-corrected chi connectivity index (χ3v) is 2.30. The van der Waals surface area contributed by atoms with Crippen molar-refractivity contribution < 1.29 is 28.0 Å². The van der Waals surface area contributed by atoms with Gasteiger partial charge in [0.15, 0.2) is 5.75 Å². The van der Waals surface area contributed by atoms with E-state index in [9.17, 15) is 33.2 Å². The van der Waals surface area contributed by atoms with Crippen molar-refractivity contribution in [3.8, 4) is 5.75 Å². The number of carbonyl (C=O) groups excluding carboxylic acids is 1. The number of nitrogens with zero attached hydrogens (tertiary/aromatic N) is 1. The summed E-state index contributed by atoms with van der Waals surface area (Å²) in [4.78, 5) is 20.6. The van der Waals surface area contributed by atoms with E-state index in [1.54, 1.807) is 5.32 Å². The molecular formula is C10H9F3N2O4. The van der Waals surface area contributed by atoms with E-state index in [0.29, 0.717) is 0 Å². The Kier molecular flexibility index (Phi) is 3.98. The van der Waals surface area contributed by atoms with Gasteiger partial charge in [0.05, 0.1) is 16.2 Å². The van der Waals surface area contributed by atoms with Crippen molar-refractivity contribution in [1.29, 1.82) is 0 Å². The van der Waals surface area contributed by atoms with Crippen LogP contribution in [-0.4, -0.2) is 22.1 Å². The van der Waals surface area contributed by atoms with Crippen LogP contribution in [0.4, 0.5) is 24.5 Å². The van der Waals surface area contributed by atoms with Crippen molar-refractivity contribution in [2.45, 2.75) is 19.5 Å². The van der Waals surface area contributed by atoms with E-state index in [4.69, 9.17) is 0 Å². The fraction of sp³-hybridized carbons (Fsp3) is 0.300. The van der Waals surface area contributed by atoms with E-state index >= 15 is 0 Å². The Morgan fingerprint density at radius 1 is 1.47 bits per heavy atom. The van der Waals surface area contributed by atoms with Crippen LogP contribution in [0.5, 0.6) is 5.75 Å². The first-order valence-electron chi connectivity index (χ1n) is 5.05. The number of amides is 1. The molecule has 0 atom stereocenters. The van der Waals surface area contributed by atoms with Crippen LogP contribution in [0, 0.1) is 10.1 Å². The molecule has 2 N–H and O–H groups in total. The quantitative estimate of drug-likeness (QED) is 0.504. The van der Waals surface area contributed by atoms with Gasteiger partial charge in [-0.2, -0.15) is 13.2 Å². The number of nitrogens with one attached hydrogen (secondary N) is 1. The predicted molar refractivity (Wildman–Crippen MR) is 58.8 cm³/mol. The Labute approximate surface area is 105 Å². The number of anilines is 1. The van der Waals surface area contributed by atoms with Crippen LogP contribution >= 0.6 is 0 Å². The van der Waals surface area contributed by atoms with Crippen LogP contribution < -0.4 is 5.32 Å². The molecule has 0 heterocycles. The van der Waals surface area contributed by atoms with Crippen LogP contribution in [0.1, 0.15) is 12.5 Å². The lowest BCUT2D eigenvalue weighted by atomic mass is 10.1. The van der Waals surface area contributed by atoms with E-state index in [-0.39, 0.29) is 17.7 Å². The number of hydrogen-bond acceptors (Lipinski definition) is 4. The van der Waals surface area contributed by atoms with Gasteiger partial charge in [0, 0.05) is 0 Å². The van der Waals surface area contributed by atoms with Crippen molar-refractivity contribution in [1.82, 2.24) is 0 Å². The molecular weight excluding hydrogens is 269 g/mol. The minimum Gasteiger partial charge on any atom is -0.502 e. The molecule has 0 aliphatic rings. The third kappa shape index (κ3) is 3.12. The Hall–Kier alpha value is -2.32. The lowest BCUT2D eigenvalue weighted by Gasteiger charge is -2.12. The van der Waals surface area contributed by atoms with E-state index in [1.807, 2.05) is 0 Å². The highest BCUT2D eigenvalue weighted by Gasteiger charge is 2.39. The van der Waals surface area contributed by atoms with Crippen LogP contribution in [-0.2, 0) is 11.2 Å². The third-order valence-electron chi connectivity index (χ3n) is 2.30. The fourth-order valence-corrected chi connectivity index (χ4v) is 1.50. The Morgan fingerprint density at radius 3 is 2.47 bits per heavy atom. The van der Waals surface area contributed by atoms with Gasteiger partial charge in [-0.05, 0) is 18.6 Å². The number of benzene rings is 1. The number of carbonyl (C=O) groups is 1. The largest absolute Gasteiger partial charge is 0.502 e. The van der Waals surface area contributed by atoms with Crippen molar-refractivity contribution in [3.05, 3.63) is 27.8 Å². The second-order valence-electron chi connectivity index (χ2n) is 3.52. The minimum atomic E-state index is -5.10. The number of phenols is 1. The Balaban J connectivity index is 3.27. The monoisotopic (exact) mass is 278 g/mol. The highest BCUT2D eigenvalue weighted by Crippen LogP contribution is 2.35. The van der Waals surface area contributed by atoms with Crippen LogP contribution in [0.3, 0.4) is 0 Å². The molecule has 0 unspecified atom stereocenters. The summed E-state index contributed by atoms with van der Waals surface area (Å²) in [5.74, 6) is -2.91. The van der Waals surface area contributed by atoms with E-state index in [2.05, 4.69) is 0 Å². The summed E-state index contributed by atoms with van der Waals surface area (Å²) in [7, 11) is 0. The van der Waals surface area contributed by atoms with Gasteiger partial charge in [-0.15, -0.1) is 0 Å². The highest BCUT2D eigenvalue weighted by atomic mass is 19.4. The van der Waals surface area contributed by atoms with E-state index in [0.717, 1.165) is 12.1 Å². The molecule has 0 aliphatic carbocycles. The van der Waals surface area contributed by atoms with Crippen molar-refractivity contribution in [2.24, 2.45) is 0 Å². The summed E-state index contributed by atoms with van der Waals surface area (Å²) < 4.78 is 36.3. The molecule has 0 aliphatic heterocycles. The summed E-state index contributed by atoms with van der Waals surface area (Å²) in [5.41, 5.74) is -1.25. The second-order valence-corrected chi connectivity index (χ2v) is 3.52. The fourth-order valence-electron chi connectivity index (χ4n) is 1.50. The Bertz CT molecular complexity index is 528. The van der Waals surface area contributed by atoms with Crippen LogP contribution in [0.15, 0.2) is 12.1 Å². The predicted octanol–water partition coefficient (Wildman–Crippen LogP) is 2.36. The average molecular weight is 278 g/mol. The SMILES string of the molecule is CCc1c(NC(=O)C(F)(F)F)ccc(O)c1[N+](=O)[O-]. The van der Waals surface area contributed by atoms with E-state index < -0.39 is 28.4 Å². The molecule has 1 rings (SSSR count). The maximum absolute atomic E-state index is 12.1. The zero-order chi connectivity index (χ0) is 14.8. The summed E-state index contributed by atoms with van der Waals surface area (Å²) in [6, 6.07) is 1.83. The number of phenolic OH excluding ortho intramolecular Hbond substituents is 1. The molecule has 0 saturated carbocycles. The van der Waals surface area contributed by atoms with Crippen molar-refractivity contribution in [2.75, 3.05) is 5.32 Å². The van der Waals surface area contributed by atoms with Crippen LogP contribution in [0.2, 0.25) is 0 Å². The molecule has 0 aromatic heterocycles. The normalized spacial score (nSPS) is 11.2. The molecule has 9 heteroatoms. The average Bonchev–Trinajstić information content (AvgIpc) is 2.28. The number of nitro benzene ring substituents is 1. The van der Waals surface area contributed by atoms with Gasteiger partial charge < -0.3 is 10.4 Å².